The Morgan fingerprint density at radius 1 is 1.38 bits per heavy atom. The van der Waals surface area contributed by atoms with Crippen molar-refractivity contribution in [1.82, 2.24) is 9.88 Å². The fraction of sp³-hybridized carbons (Fsp3) is 0.471. The molecule has 0 aliphatic carbocycles. The number of aliphatic hydroxyl groups excluding tert-OH is 1. The summed E-state index contributed by atoms with van der Waals surface area (Å²) in [5, 5.41) is 10.7. The molecule has 1 atom stereocenters. The number of fused-ring (bicyclic) bond motifs is 1. The monoisotopic (exact) mass is 285 g/mol. The van der Waals surface area contributed by atoms with Crippen LogP contribution >= 0.6 is 0 Å². The van der Waals surface area contributed by atoms with E-state index in [1.807, 2.05) is 30.3 Å². The lowest BCUT2D eigenvalue weighted by molar-refractivity contribution is 0.247. The molecule has 1 N–H and O–H groups in total. The first kappa shape index (κ1) is 14.3. The molecule has 0 saturated carbocycles. The molecular formula is C17H23N3O. The number of hydrogen-bond acceptors (Lipinski definition) is 4. The van der Waals surface area contributed by atoms with Crippen molar-refractivity contribution < 1.29 is 5.11 Å². The number of pyridine rings is 1. The molecule has 1 aliphatic heterocycles. The van der Waals surface area contributed by atoms with Crippen LogP contribution in [0.3, 0.4) is 0 Å². The highest BCUT2D eigenvalue weighted by Crippen LogP contribution is 2.25. The maximum atomic E-state index is 9.64. The van der Waals surface area contributed by atoms with Gasteiger partial charge in [-0.1, -0.05) is 18.2 Å². The summed E-state index contributed by atoms with van der Waals surface area (Å²) in [6, 6.07) is 10.5. The minimum absolute atomic E-state index is 0.0500. The summed E-state index contributed by atoms with van der Waals surface area (Å²) in [5.41, 5.74) is 1.90. The van der Waals surface area contributed by atoms with Crippen molar-refractivity contribution in [1.29, 1.82) is 0 Å². The van der Waals surface area contributed by atoms with Crippen LogP contribution in [-0.4, -0.2) is 48.2 Å². The zero-order valence-corrected chi connectivity index (χ0v) is 12.8. The Bertz CT molecular complexity index is 628. The third kappa shape index (κ3) is 2.87. The van der Waals surface area contributed by atoms with Crippen LogP contribution in [0.4, 0.5) is 5.82 Å². The molecule has 112 valence electrons. The Balaban J connectivity index is 1.95. The Morgan fingerprint density at radius 2 is 2.19 bits per heavy atom. The molecule has 4 heteroatoms. The molecule has 0 bridgehead atoms. The van der Waals surface area contributed by atoms with Gasteiger partial charge in [0.2, 0.25) is 0 Å². The number of hydrogen-bond donors (Lipinski definition) is 1. The zero-order valence-electron chi connectivity index (χ0n) is 12.8. The van der Waals surface area contributed by atoms with Gasteiger partial charge in [-0.05, 0) is 44.1 Å². The topological polar surface area (TPSA) is 39.6 Å². The summed E-state index contributed by atoms with van der Waals surface area (Å²) >= 11 is 0. The Hall–Kier alpha value is -1.65. The standard InChI is InChI=1S/C17H23N3O/c1-19-9-5-6-14(11-19)20(2)17-10-13(12-21)15-7-3-4-8-16(15)18-17/h3-4,7-8,10,14,21H,5-6,9,11-12H2,1-2H3. The Morgan fingerprint density at radius 3 is 2.95 bits per heavy atom. The first-order valence-corrected chi connectivity index (χ1v) is 7.60. The van der Waals surface area contributed by atoms with Crippen LogP contribution in [0.1, 0.15) is 18.4 Å². The van der Waals surface area contributed by atoms with Gasteiger partial charge in [0.25, 0.3) is 0 Å². The lowest BCUT2D eigenvalue weighted by Crippen LogP contribution is -2.45. The van der Waals surface area contributed by atoms with Gasteiger partial charge in [0.15, 0.2) is 0 Å². The lowest BCUT2D eigenvalue weighted by Gasteiger charge is -2.36. The quantitative estimate of drug-likeness (QED) is 0.939. The highest BCUT2D eigenvalue weighted by molar-refractivity contribution is 5.84. The summed E-state index contributed by atoms with van der Waals surface area (Å²) in [5.74, 6) is 0.957. The maximum Gasteiger partial charge on any atom is 0.129 e. The van der Waals surface area contributed by atoms with Crippen molar-refractivity contribution >= 4 is 16.7 Å². The van der Waals surface area contributed by atoms with E-state index in [2.05, 4.69) is 23.9 Å². The minimum atomic E-state index is 0.0500. The molecule has 1 unspecified atom stereocenters. The summed E-state index contributed by atoms with van der Waals surface area (Å²) in [6.45, 7) is 2.30. The number of anilines is 1. The van der Waals surface area contributed by atoms with E-state index in [1.165, 1.54) is 19.4 Å². The molecule has 1 aromatic heterocycles. The van der Waals surface area contributed by atoms with E-state index in [-0.39, 0.29) is 6.61 Å². The van der Waals surface area contributed by atoms with E-state index >= 15 is 0 Å². The van der Waals surface area contributed by atoms with E-state index in [0.29, 0.717) is 6.04 Å². The average Bonchev–Trinajstić information content (AvgIpc) is 2.53. The number of likely N-dealkylation sites (N-methyl/N-ethyl adjacent to an activating group) is 2. The van der Waals surface area contributed by atoms with Crippen molar-refractivity contribution in [2.45, 2.75) is 25.5 Å². The summed E-state index contributed by atoms with van der Waals surface area (Å²) in [7, 11) is 4.29. The number of aliphatic hydroxyl groups is 1. The predicted molar refractivity (Wildman–Crippen MR) is 86.6 cm³/mol. The first-order chi connectivity index (χ1) is 10.2. The molecule has 1 saturated heterocycles. The van der Waals surface area contributed by atoms with E-state index in [1.54, 1.807) is 0 Å². The number of benzene rings is 1. The third-order valence-corrected chi connectivity index (χ3v) is 4.47. The summed E-state index contributed by atoms with van der Waals surface area (Å²) < 4.78 is 0. The molecular weight excluding hydrogens is 262 g/mol. The second-order valence-electron chi connectivity index (χ2n) is 5.98. The van der Waals surface area contributed by atoms with Crippen molar-refractivity contribution in [2.75, 3.05) is 32.1 Å². The van der Waals surface area contributed by atoms with Gasteiger partial charge in [-0.25, -0.2) is 4.98 Å². The third-order valence-electron chi connectivity index (χ3n) is 4.47. The largest absolute Gasteiger partial charge is 0.392 e. The van der Waals surface area contributed by atoms with Crippen LogP contribution < -0.4 is 4.90 Å². The Labute approximate surface area is 126 Å². The second kappa shape index (κ2) is 6.00. The lowest BCUT2D eigenvalue weighted by atomic mass is 10.0. The maximum absolute atomic E-state index is 9.64. The van der Waals surface area contributed by atoms with Crippen molar-refractivity contribution in [3.63, 3.8) is 0 Å². The molecule has 4 nitrogen and oxygen atoms in total. The predicted octanol–water partition coefficient (Wildman–Crippen LogP) is 2.26. The number of likely N-dealkylation sites (tertiary alicyclic amines) is 1. The second-order valence-corrected chi connectivity index (χ2v) is 5.98. The summed E-state index contributed by atoms with van der Waals surface area (Å²) in [6.07, 6.45) is 2.43. The number of rotatable bonds is 3. The highest BCUT2D eigenvalue weighted by Gasteiger charge is 2.22. The van der Waals surface area contributed by atoms with Gasteiger partial charge >= 0.3 is 0 Å². The average molecular weight is 285 g/mol. The molecule has 1 aliphatic rings. The van der Waals surface area contributed by atoms with Gasteiger partial charge in [0.05, 0.1) is 12.1 Å². The van der Waals surface area contributed by atoms with E-state index in [9.17, 15) is 5.11 Å². The van der Waals surface area contributed by atoms with Gasteiger partial charge in [0, 0.05) is 25.0 Å². The smallest absolute Gasteiger partial charge is 0.129 e. The first-order valence-electron chi connectivity index (χ1n) is 7.60. The van der Waals surface area contributed by atoms with Gasteiger partial charge in [0.1, 0.15) is 5.82 Å². The van der Waals surface area contributed by atoms with Gasteiger partial charge < -0.3 is 14.9 Å². The molecule has 3 rings (SSSR count). The highest BCUT2D eigenvalue weighted by atomic mass is 16.3. The van der Waals surface area contributed by atoms with Crippen molar-refractivity contribution in [3.05, 3.63) is 35.9 Å². The van der Waals surface area contributed by atoms with E-state index in [4.69, 9.17) is 4.98 Å². The van der Waals surface area contributed by atoms with Crippen LogP contribution in [0.2, 0.25) is 0 Å². The molecule has 21 heavy (non-hydrogen) atoms. The SMILES string of the molecule is CN1CCCC(N(C)c2cc(CO)c3ccccc3n2)C1. The van der Waals surface area contributed by atoms with Gasteiger partial charge in [-0.2, -0.15) is 0 Å². The number of nitrogens with zero attached hydrogens (tertiary/aromatic N) is 3. The minimum Gasteiger partial charge on any atom is -0.392 e. The van der Waals surface area contributed by atoms with Crippen LogP contribution in [0, 0.1) is 0 Å². The zero-order chi connectivity index (χ0) is 14.8. The molecule has 1 fully saturated rings. The normalized spacial score (nSPS) is 19.9. The number of piperidine rings is 1. The van der Waals surface area contributed by atoms with Crippen LogP contribution in [0.5, 0.6) is 0 Å². The molecule has 2 heterocycles. The van der Waals surface area contributed by atoms with E-state index < -0.39 is 0 Å². The van der Waals surface area contributed by atoms with E-state index in [0.717, 1.165) is 28.8 Å². The molecule has 2 aromatic rings. The molecule has 0 radical (unpaired) electrons. The summed E-state index contributed by atoms with van der Waals surface area (Å²) in [4.78, 5) is 9.42. The van der Waals surface area contributed by atoms with Gasteiger partial charge in [-0.3, -0.25) is 0 Å². The fourth-order valence-corrected chi connectivity index (χ4v) is 3.19. The fourth-order valence-electron chi connectivity index (χ4n) is 3.19. The van der Waals surface area contributed by atoms with Crippen molar-refractivity contribution in [2.24, 2.45) is 0 Å². The van der Waals surface area contributed by atoms with Crippen LogP contribution in [-0.2, 0) is 6.61 Å². The number of aromatic nitrogens is 1. The molecule has 0 spiro atoms. The Kier molecular flexibility index (Phi) is 4.08. The molecule has 1 aromatic carbocycles. The molecule has 0 amide bonds. The van der Waals surface area contributed by atoms with Crippen molar-refractivity contribution in [3.8, 4) is 0 Å². The van der Waals surface area contributed by atoms with Crippen LogP contribution in [0.25, 0.3) is 10.9 Å². The van der Waals surface area contributed by atoms with Crippen LogP contribution in [0.15, 0.2) is 30.3 Å². The van der Waals surface area contributed by atoms with Gasteiger partial charge in [-0.15, -0.1) is 0 Å². The number of para-hydroxylation sites is 1.